The zero-order valence-corrected chi connectivity index (χ0v) is 21.9. The number of rotatable bonds is 5. The highest BCUT2D eigenvalue weighted by atomic mass is 32.2. The largest absolute Gasteiger partial charge is 0.298 e. The van der Waals surface area contributed by atoms with Crippen molar-refractivity contribution in [2.24, 2.45) is 0 Å². The van der Waals surface area contributed by atoms with Crippen LogP contribution in [0.1, 0.15) is 16.7 Å². The number of anilines is 1. The van der Waals surface area contributed by atoms with E-state index in [1.54, 1.807) is 24.4 Å². The molecule has 4 aromatic rings. The van der Waals surface area contributed by atoms with Crippen molar-refractivity contribution in [1.82, 2.24) is 10.3 Å². The van der Waals surface area contributed by atoms with Gasteiger partial charge in [-0.1, -0.05) is 53.7 Å². The van der Waals surface area contributed by atoms with Crippen molar-refractivity contribution in [2.45, 2.75) is 23.6 Å². The lowest BCUT2D eigenvalue weighted by molar-refractivity contribution is -0.387. The molecule has 1 fully saturated rings. The molecule has 2 heterocycles. The molecule has 1 aromatic heterocycles. The summed E-state index contributed by atoms with van der Waals surface area (Å²) in [5, 5.41) is 15.4. The van der Waals surface area contributed by atoms with E-state index >= 15 is 0 Å². The minimum absolute atomic E-state index is 0.0227. The maximum Gasteiger partial charge on any atom is 0.283 e. The first-order valence-electron chi connectivity index (χ1n) is 11.5. The number of benzene rings is 3. The fourth-order valence-electron chi connectivity index (χ4n) is 4.23. The molecule has 1 aliphatic rings. The number of para-hydroxylation sites is 1. The molecule has 0 bridgehead atoms. The Morgan fingerprint density at radius 1 is 1.03 bits per heavy atom. The Labute approximate surface area is 227 Å². The lowest BCUT2D eigenvalue weighted by Crippen LogP contribution is -2.54. The number of nitrogens with zero attached hydrogens (tertiary/aromatic N) is 3. The standard InChI is InChI=1S/C28H20N4O4S2/c1-16-8-10-21(17(2)13-16)31-27(34)20(26(33)30-28(31)37)14-18-9-11-23(22(15-18)32(35)36)38-24-7-3-5-19-6-4-12-29-25(19)24/h3-15H,1-2H3,(H,30,33,37)/b20-14+. The number of aryl methyl sites for hydroxylation is 2. The maximum atomic E-state index is 13.4. The summed E-state index contributed by atoms with van der Waals surface area (Å²) in [5.74, 6) is -1.27. The van der Waals surface area contributed by atoms with E-state index in [9.17, 15) is 19.7 Å². The second-order valence-electron chi connectivity index (χ2n) is 8.67. The van der Waals surface area contributed by atoms with Gasteiger partial charge in [0.05, 0.1) is 21.0 Å². The first kappa shape index (κ1) is 25.2. The van der Waals surface area contributed by atoms with Gasteiger partial charge in [0, 0.05) is 22.5 Å². The number of nitro benzene ring substituents is 1. The van der Waals surface area contributed by atoms with Gasteiger partial charge in [0.1, 0.15) is 5.57 Å². The van der Waals surface area contributed by atoms with Crippen molar-refractivity contribution in [1.29, 1.82) is 0 Å². The van der Waals surface area contributed by atoms with E-state index in [0.29, 0.717) is 16.1 Å². The van der Waals surface area contributed by atoms with Crippen LogP contribution in [0.25, 0.3) is 17.0 Å². The Hall–Kier alpha value is -4.41. The molecule has 1 N–H and O–H groups in total. The lowest BCUT2D eigenvalue weighted by atomic mass is 10.0. The Bertz CT molecular complexity index is 1690. The normalized spacial score (nSPS) is 14.7. The van der Waals surface area contributed by atoms with E-state index in [0.717, 1.165) is 26.9 Å². The highest BCUT2D eigenvalue weighted by molar-refractivity contribution is 7.99. The molecule has 8 nitrogen and oxygen atoms in total. The topological polar surface area (TPSA) is 105 Å². The van der Waals surface area contributed by atoms with Crippen molar-refractivity contribution in [3.05, 3.63) is 105 Å². The van der Waals surface area contributed by atoms with Gasteiger partial charge in [-0.2, -0.15) is 0 Å². The third kappa shape index (κ3) is 4.79. The third-order valence-electron chi connectivity index (χ3n) is 6.00. The molecule has 3 aromatic carbocycles. The van der Waals surface area contributed by atoms with Gasteiger partial charge in [0.2, 0.25) is 0 Å². The number of nitro groups is 1. The van der Waals surface area contributed by atoms with E-state index in [4.69, 9.17) is 12.2 Å². The van der Waals surface area contributed by atoms with Crippen LogP contribution in [0.3, 0.4) is 0 Å². The Balaban J connectivity index is 1.51. The number of carbonyl (C=O) groups is 2. The van der Waals surface area contributed by atoms with Gasteiger partial charge in [-0.15, -0.1) is 0 Å². The maximum absolute atomic E-state index is 13.4. The fourth-order valence-corrected chi connectivity index (χ4v) is 5.53. The van der Waals surface area contributed by atoms with Crippen molar-refractivity contribution in [3.63, 3.8) is 0 Å². The van der Waals surface area contributed by atoms with Crippen LogP contribution in [0.2, 0.25) is 0 Å². The second-order valence-corrected chi connectivity index (χ2v) is 10.1. The second kappa shape index (κ2) is 10.2. The number of fused-ring (bicyclic) bond motifs is 1. The monoisotopic (exact) mass is 540 g/mol. The summed E-state index contributed by atoms with van der Waals surface area (Å²) in [5.41, 5.74) is 3.14. The minimum Gasteiger partial charge on any atom is -0.298 e. The molecule has 1 aliphatic heterocycles. The average Bonchev–Trinajstić information content (AvgIpc) is 2.88. The number of pyridine rings is 1. The quantitative estimate of drug-likeness (QED) is 0.113. The van der Waals surface area contributed by atoms with Crippen LogP contribution in [0, 0.1) is 24.0 Å². The van der Waals surface area contributed by atoms with E-state index in [2.05, 4.69) is 10.3 Å². The predicted octanol–water partition coefficient (Wildman–Crippen LogP) is 5.74. The van der Waals surface area contributed by atoms with Gasteiger partial charge < -0.3 is 0 Å². The number of carbonyl (C=O) groups excluding carboxylic acids is 2. The summed E-state index contributed by atoms with van der Waals surface area (Å²) in [6, 6.07) is 19.5. The van der Waals surface area contributed by atoms with Crippen LogP contribution < -0.4 is 10.2 Å². The Morgan fingerprint density at radius 2 is 1.82 bits per heavy atom. The number of hydrogen-bond acceptors (Lipinski definition) is 7. The molecular weight excluding hydrogens is 520 g/mol. The third-order valence-corrected chi connectivity index (χ3v) is 7.40. The summed E-state index contributed by atoms with van der Waals surface area (Å²) in [6.45, 7) is 3.79. The average molecular weight is 541 g/mol. The number of aromatic nitrogens is 1. The molecule has 188 valence electrons. The summed E-state index contributed by atoms with van der Waals surface area (Å²) in [7, 11) is 0. The predicted molar refractivity (Wildman–Crippen MR) is 151 cm³/mol. The molecule has 38 heavy (non-hydrogen) atoms. The molecule has 0 atom stereocenters. The van der Waals surface area contributed by atoms with E-state index in [1.165, 1.54) is 28.8 Å². The molecule has 10 heteroatoms. The van der Waals surface area contributed by atoms with Crippen molar-refractivity contribution >= 4 is 69.3 Å². The van der Waals surface area contributed by atoms with Gasteiger partial charge in [0.25, 0.3) is 17.5 Å². The summed E-state index contributed by atoms with van der Waals surface area (Å²) in [6.07, 6.45) is 3.02. The lowest BCUT2D eigenvalue weighted by Gasteiger charge is -2.30. The first-order valence-corrected chi connectivity index (χ1v) is 12.7. The first-order chi connectivity index (χ1) is 18.2. The van der Waals surface area contributed by atoms with Crippen LogP contribution in [-0.4, -0.2) is 26.8 Å². The van der Waals surface area contributed by atoms with Crippen LogP contribution >= 0.6 is 24.0 Å². The molecule has 1 saturated heterocycles. The van der Waals surface area contributed by atoms with Crippen LogP contribution in [0.15, 0.2) is 88.3 Å². The van der Waals surface area contributed by atoms with Crippen LogP contribution in [0.5, 0.6) is 0 Å². The van der Waals surface area contributed by atoms with Gasteiger partial charge >= 0.3 is 0 Å². The Morgan fingerprint density at radius 3 is 2.58 bits per heavy atom. The van der Waals surface area contributed by atoms with Gasteiger partial charge in [-0.3, -0.25) is 34.9 Å². The summed E-state index contributed by atoms with van der Waals surface area (Å²) >= 11 is 6.52. The van der Waals surface area contributed by atoms with Crippen LogP contribution in [-0.2, 0) is 9.59 Å². The summed E-state index contributed by atoms with van der Waals surface area (Å²) in [4.78, 5) is 44.5. The zero-order valence-electron chi connectivity index (χ0n) is 20.3. The SMILES string of the molecule is Cc1ccc(N2C(=O)/C(=C/c3ccc(Sc4cccc5cccnc45)c([N+](=O)[O-])c3)C(=O)NC2=S)c(C)c1. The van der Waals surface area contributed by atoms with Crippen molar-refractivity contribution < 1.29 is 14.5 Å². The number of amides is 2. The number of hydrogen-bond donors (Lipinski definition) is 1. The van der Waals surface area contributed by atoms with Gasteiger partial charge in [-0.05, 0) is 67.5 Å². The molecule has 0 unspecified atom stereocenters. The molecule has 0 radical (unpaired) electrons. The molecule has 2 amide bonds. The highest BCUT2D eigenvalue weighted by Gasteiger charge is 2.35. The highest BCUT2D eigenvalue weighted by Crippen LogP contribution is 2.38. The van der Waals surface area contributed by atoms with Gasteiger partial charge in [0.15, 0.2) is 5.11 Å². The smallest absolute Gasteiger partial charge is 0.283 e. The van der Waals surface area contributed by atoms with E-state index < -0.39 is 16.7 Å². The Kier molecular flexibility index (Phi) is 6.75. The number of nitrogens with one attached hydrogen (secondary N) is 1. The minimum atomic E-state index is -0.663. The molecular formula is C28H20N4O4S2. The van der Waals surface area contributed by atoms with Gasteiger partial charge in [-0.25, -0.2) is 0 Å². The molecule has 5 rings (SSSR count). The zero-order chi connectivity index (χ0) is 27.0. The van der Waals surface area contributed by atoms with Crippen LogP contribution in [0.4, 0.5) is 11.4 Å². The summed E-state index contributed by atoms with van der Waals surface area (Å²) < 4.78 is 0. The fraction of sp³-hybridized carbons (Fsp3) is 0.0714. The molecule has 0 aliphatic carbocycles. The molecule has 0 saturated carbocycles. The molecule has 0 spiro atoms. The number of thiocarbonyl (C=S) groups is 1. The van der Waals surface area contributed by atoms with E-state index in [1.807, 2.05) is 56.3 Å². The van der Waals surface area contributed by atoms with Crippen molar-refractivity contribution in [3.8, 4) is 0 Å². The van der Waals surface area contributed by atoms with Crippen molar-refractivity contribution in [2.75, 3.05) is 4.90 Å². The van der Waals surface area contributed by atoms with E-state index in [-0.39, 0.29) is 16.4 Å².